The summed E-state index contributed by atoms with van der Waals surface area (Å²) in [5.74, 6) is -0.898. The molecule has 0 aromatic heterocycles. The Kier molecular flexibility index (Phi) is 48.6. The second-order valence-electron chi connectivity index (χ2n) is 19.6. The predicted molar refractivity (Wildman–Crippen MR) is 298 cm³/mol. The number of carbonyl (C=O) groups excluding carboxylic acids is 2. The molecule has 0 aliphatic rings. The van der Waals surface area contributed by atoms with Gasteiger partial charge in [-0.2, -0.15) is 0 Å². The van der Waals surface area contributed by atoms with Crippen LogP contribution in [0, 0.1) is 0 Å². The highest BCUT2D eigenvalue weighted by Gasteiger charge is 2.27. The fourth-order valence-electron chi connectivity index (χ4n) is 7.31. The molecule has 10 heteroatoms. The third-order valence-corrected chi connectivity index (χ3v) is 12.6. The smallest absolute Gasteiger partial charge is 0.462 e. The van der Waals surface area contributed by atoms with Crippen LogP contribution >= 0.6 is 7.82 Å². The SMILES string of the molecule is CC/C=C\C/C=C\C/C=C\C/C=C\C/C=C\C/C=C\CCC(=O)OC(COC(=O)CCCCCCCCCCCCCCCCC/C=C\C/C=C\CCCCCCC)COP(=O)(O)OCC[N+](C)(C)C. The predicted octanol–water partition coefficient (Wildman–Crippen LogP) is 17.3. The van der Waals surface area contributed by atoms with Crippen molar-refractivity contribution >= 4 is 19.8 Å². The highest BCUT2D eigenvalue weighted by atomic mass is 31.2. The van der Waals surface area contributed by atoms with Gasteiger partial charge in [0.25, 0.3) is 0 Å². The van der Waals surface area contributed by atoms with Crippen LogP contribution in [-0.4, -0.2) is 74.9 Å². The zero-order valence-corrected chi connectivity index (χ0v) is 46.4. The fraction of sp³-hybridized carbons (Fsp3) is 0.700. The van der Waals surface area contributed by atoms with Crippen molar-refractivity contribution in [2.45, 2.75) is 225 Å². The molecule has 1 N–H and O–H groups in total. The summed E-state index contributed by atoms with van der Waals surface area (Å²) in [4.78, 5) is 35.6. The Balaban J connectivity index is 4.24. The molecule has 0 aromatic carbocycles. The Bertz CT molecular complexity index is 1500. The molecule has 0 spiro atoms. The van der Waals surface area contributed by atoms with Gasteiger partial charge in [-0.05, 0) is 83.5 Å². The average molecular weight is 999 g/mol. The molecule has 0 amide bonds. The summed E-state index contributed by atoms with van der Waals surface area (Å²) in [6.45, 7) is 4.22. The van der Waals surface area contributed by atoms with Gasteiger partial charge >= 0.3 is 19.8 Å². The van der Waals surface area contributed by atoms with Crippen LogP contribution in [0.1, 0.15) is 219 Å². The molecule has 2 atom stereocenters. The zero-order valence-electron chi connectivity index (χ0n) is 45.5. The third kappa shape index (κ3) is 54.3. The van der Waals surface area contributed by atoms with E-state index in [2.05, 4.69) is 98.9 Å². The Morgan fingerprint density at radius 1 is 0.457 bits per heavy atom. The lowest BCUT2D eigenvalue weighted by Crippen LogP contribution is -2.37. The van der Waals surface area contributed by atoms with E-state index in [0.29, 0.717) is 17.4 Å². The Morgan fingerprint density at radius 2 is 0.843 bits per heavy atom. The molecule has 0 rings (SSSR count). The van der Waals surface area contributed by atoms with E-state index in [0.717, 1.165) is 64.2 Å². The summed E-state index contributed by atoms with van der Waals surface area (Å²) in [7, 11) is 1.42. The number of hydrogen-bond donors (Lipinski definition) is 1. The first-order valence-corrected chi connectivity index (χ1v) is 29.5. The van der Waals surface area contributed by atoms with E-state index >= 15 is 0 Å². The summed E-state index contributed by atoms with van der Waals surface area (Å²) in [6, 6.07) is 0. The van der Waals surface area contributed by atoms with Gasteiger partial charge in [0.05, 0.1) is 27.7 Å². The quantitative estimate of drug-likeness (QED) is 0.0211. The van der Waals surface area contributed by atoms with Gasteiger partial charge in [-0.25, -0.2) is 4.57 Å². The van der Waals surface area contributed by atoms with E-state index < -0.39 is 26.5 Å². The van der Waals surface area contributed by atoms with Crippen molar-refractivity contribution in [1.82, 2.24) is 0 Å². The second kappa shape index (κ2) is 50.9. The number of carbonyl (C=O) groups is 2. The van der Waals surface area contributed by atoms with Gasteiger partial charge in [-0.15, -0.1) is 0 Å². The van der Waals surface area contributed by atoms with Crippen LogP contribution in [0.25, 0.3) is 0 Å². The molecule has 0 saturated carbocycles. The van der Waals surface area contributed by atoms with E-state index in [1.54, 1.807) is 0 Å². The van der Waals surface area contributed by atoms with Gasteiger partial charge in [0.1, 0.15) is 19.8 Å². The number of quaternary nitrogens is 1. The lowest BCUT2D eigenvalue weighted by molar-refractivity contribution is -0.870. The maximum Gasteiger partial charge on any atom is 0.472 e. The molecule has 402 valence electrons. The minimum Gasteiger partial charge on any atom is -0.462 e. The molecule has 0 heterocycles. The summed E-state index contributed by atoms with van der Waals surface area (Å²) in [5.41, 5.74) is 0. The molecule has 0 radical (unpaired) electrons. The number of nitrogens with zero attached hydrogens (tertiary/aromatic N) is 1. The fourth-order valence-corrected chi connectivity index (χ4v) is 8.05. The van der Waals surface area contributed by atoms with Crippen molar-refractivity contribution in [3.63, 3.8) is 0 Å². The van der Waals surface area contributed by atoms with Crippen molar-refractivity contribution < 1.29 is 42.1 Å². The van der Waals surface area contributed by atoms with E-state index in [-0.39, 0.29) is 32.0 Å². The number of esters is 2. The van der Waals surface area contributed by atoms with Crippen LogP contribution in [0.4, 0.5) is 0 Å². The van der Waals surface area contributed by atoms with E-state index in [1.807, 2.05) is 33.3 Å². The maximum atomic E-state index is 12.7. The first-order valence-electron chi connectivity index (χ1n) is 28.0. The Morgan fingerprint density at radius 3 is 1.27 bits per heavy atom. The minimum absolute atomic E-state index is 0.0138. The molecule has 0 aliphatic heterocycles. The van der Waals surface area contributed by atoms with E-state index in [1.165, 1.54) is 122 Å². The molecule has 0 aromatic rings. The lowest BCUT2D eigenvalue weighted by atomic mass is 10.0. The van der Waals surface area contributed by atoms with Gasteiger partial charge < -0.3 is 18.9 Å². The molecule has 0 aliphatic carbocycles. The van der Waals surface area contributed by atoms with Crippen molar-refractivity contribution in [1.29, 1.82) is 0 Å². The van der Waals surface area contributed by atoms with Crippen molar-refractivity contribution in [2.75, 3.05) is 47.5 Å². The van der Waals surface area contributed by atoms with Crippen LogP contribution < -0.4 is 0 Å². The number of allylic oxidation sites excluding steroid dienone is 16. The van der Waals surface area contributed by atoms with Gasteiger partial charge in [-0.3, -0.25) is 18.6 Å². The van der Waals surface area contributed by atoms with Crippen molar-refractivity contribution in [3.05, 3.63) is 97.2 Å². The van der Waals surface area contributed by atoms with Gasteiger partial charge in [0.15, 0.2) is 6.10 Å². The van der Waals surface area contributed by atoms with Crippen LogP contribution in [0.3, 0.4) is 0 Å². The average Bonchev–Trinajstić information content (AvgIpc) is 3.32. The lowest BCUT2D eigenvalue weighted by Gasteiger charge is -2.24. The third-order valence-electron chi connectivity index (χ3n) is 11.6. The number of phosphoric acid groups is 1. The standard InChI is InChI=1S/C60H104NO8P/c1-6-8-10-12-14-16-18-20-22-24-26-27-28-29-30-31-32-33-35-36-38-40-42-44-46-48-50-52-59(62)66-56-58(57-68-70(64,65)67-55-54-61(3,4)5)69-60(63)53-51-49-47-45-43-41-39-37-34-25-23-21-19-17-15-13-11-9-7-2/h9,11,15,17-18,20-21,23-24,26,34,37,41,43,47,49,58H,6-8,10,12-14,16,19,22,25,27-33,35-36,38-40,42,44-46,48,50-57H2,1-5H3/p+1/b11-9-,17-15-,20-18-,23-21-,26-24-,37-34-,43-41-,49-47-. The summed E-state index contributed by atoms with van der Waals surface area (Å²) >= 11 is 0. The monoisotopic (exact) mass is 999 g/mol. The van der Waals surface area contributed by atoms with Crippen molar-refractivity contribution in [2.24, 2.45) is 0 Å². The van der Waals surface area contributed by atoms with Crippen LogP contribution in [-0.2, 0) is 32.7 Å². The molecule has 70 heavy (non-hydrogen) atoms. The molecular formula is C60H105NO8P+. The highest BCUT2D eigenvalue weighted by molar-refractivity contribution is 7.47. The maximum absolute atomic E-state index is 12.7. The Labute approximate surface area is 430 Å². The summed E-state index contributed by atoms with van der Waals surface area (Å²) < 4.78 is 34.4. The number of phosphoric ester groups is 1. The van der Waals surface area contributed by atoms with Gasteiger partial charge in [0.2, 0.25) is 0 Å². The summed E-state index contributed by atoms with van der Waals surface area (Å²) in [6.07, 6.45) is 69.2. The van der Waals surface area contributed by atoms with Crippen LogP contribution in [0.2, 0.25) is 0 Å². The number of hydrogen-bond acceptors (Lipinski definition) is 7. The van der Waals surface area contributed by atoms with Crippen LogP contribution in [0.15, 0.2) is 97.2 Å². The zero-order chi connectivity index (χ0) is 51.3. The van der Waals surface area contributed by atoms with Gasteiger partial charge in [0, 0.05) is 12.8 Å². The number of unbranched alkanes of at least 4 members (excludes halogenated alkanes) is 20. The van der Waals surface area contributed by atoms with E-state index in [4.69, 9.17) is 18.5 Å². The van der Waals surface area contributed by atoms with E-state index in [9.17, 15) is 19.0 Å². The number of ether oxygens (including phenoxy) is 2. The largest absolute Gasteiger partial charge is 0.472 e. The molecule has 0 bridgehead atoms. The number of rotatable bonds is 50. The molecule has 0 fully saturated rings. The molecule has 0 saturated heterocycles. The van der Waals surface area contributed by atoms with Gasteiger partial charge in [-0.1, -0.05) is 220 Å². The Hall–Kier alpha value is -3.07. The number of likely N-dealkylation sites (N-methyl/N-ethyl adjacent to an activating group) is 1. The summed E-state index contributed by atoms with van der Waals surface area (Å²) in [5, 5.41) is 0. The molecule has 2 unspecified atom stereocenters. The topological polar surface area (TPSA) is 108 Å². The molecular weight excluding hydrogens is 894 g/mol. The van der Waals surface area contributed by atoms with Crippen LogP contribution in [0.5, 0.6) is 0 Å². The normalized spacial score (nSPS) is 14.1. The minimum atomic E-state index is -4.41. The first-order chi connectivity index (χ1) is 34.0. The second-order valence-corrected chi connectivity index (χ2v) is 21.0. The first kappa shape index (κ1) is 66.9. The molecule has 9 nitrogen and oxygen atoms in total. The van der Waals surface area contributed by atoms with Crippen molar-refractivity contribution in [3.8, 4) is 0 Å². The highest BCUT2D eigenvalue weighted by Crippen LogP contribution is 2.43.